The standard InChI is InChI=1S/C25H26BrNO4/c1-14-11-20(15(2)10-19(14)26)27-21(28)13-31-25(30)23-18-9-8-17(12-18)22(23)24(29)16-6-4-3-5-7-16/h3-7,10-11,17-18,22-23H,8-9,12-13H2,1-2H3,(H,27,28)/t17-,18-,22-,23-/m0/s1. The monoisotopic (exact) mass is 483 g/mol. The largest absolute Gasteiger partial charge is 0.455 e. The number of aryl methyl sites for hydroxylation is 2. The fourth-order valence-electron chi connectivity index (χ4n) is 5.14. The van der Waals surface area contributed by atoms with E-state index in [4.69, 9.17) is 4.74 Å². The summed E-state index contributed by atoms with van der Waals surface area (Å²) in [5, 5.41) is 2.81. The number of hydrogen-bond acceptors (Lipinski definition) is 4. The lowest BCUT2D eigenvalue weighted by molar-refractivity contribution is -0.154. The lowest BCUT2D eigenvalue weighted by Crippen LogP contribution is -2.37. The number of rotatable bonds is 6. The van der Waals surface area contributed by atoms with Crippen LogP contribution >= 0.6 is 15.9 Å². The number of Topliss-reactive ketones (excluding diaryl/α,β-unsaturated/α-hetero) is 1. The molecule has 1 amide bonds. The van der Waals surface area contributed by atoms with E-state index in [0.717, 1.165) is 34.9 Å². The highest BCUT2D eigenvalue weighted by atomic mass is 79.9. The van der Waals surface area contributed by atoms with E-state index < -0.39 is 11.9 Å². The Kier molecular flexibility index (Phi) is 6.28. The van der Waals surface area contributed by atoms with Crippen molar-refractivity contribution in [3.05, 3.63) is 63.6 Å². The van der Waals surface area contributed by atoms with Gasteiger partial charge in [-0.15, -0.1) is 0 Å². The third kappa shape index (κ3) is 4.45. The summed E-state index contributed by atoms with van der Waals surface area (Å²) in [6.45, 7) is 3.49. The minimum absolute atomic E-state index is 0.0140. The molecule has 2 fully saturated rings. The van der Waals surface area contributed by atoms with Crippen LogP contribution in [0.1, 0.15) is 40.7 Å². The van der Waals surface area contributed by atoms with Crippen molar-refractivity contribution in [2.75, 3.05) is 11.9 Å². The molecule has 0 unspecified atom stereocenters. The van der Waals surface area contributed by atoms with Gasteiger partial charge >= 0.3 is 5.97 Å². The summed E-state index contributed by atoms with van der Waals surface area (Å²) in [7, 11) is 0. The molecule has 1 N–H and O–H groups in total. The minimum Gasteiger partial charge on any atom is -0.455 e. The molecule has 2 aromatic rings. The second kappa shape index (κ2) is 8.95. The van der Waals surface area contributed by atoms with E-state index in [-0.39, 0.29) is 36.1 Å². The van der Waals surface area contributed by atoms with E-state index in [2.05, 4.69) is 21.2 Å². The second-order valence-electron chi connectivity index (χ2n) is 8.69. The van der Waals surface area contributed by atoms with Crippen molar-refractivity contribution >= 4 is 39.3 Å². The van der Waals surface area contributed by atoms with Crippen LogP contribution in [0.2, 0.25) is 0 Å². The molecule has 0 radical (unpaired) electrons. The highest BCUT2D eigenvalue weighted by molar-refractivity contribution is 9.10. The number of nitrogens with one attached hydrogen (secondary N) is 1. The Balaban J connectivity index is 1.41. The van der Waals surface area contributed by atoms with Gasteiger partial charge in [0.15, 0.2) is 12.4 Å². The van der Waals surface area contributed by atoms with Crippen molar-refractivity contribution in [3.8, 4) is 0 Å². The van der Waals surface area contributed by atoms with Gasteiger partial charge in [0, 0.05) is 21.6 Å². The molecule has 5 nitrogen and oxygen atoms in total. The fourth-order valence-corrected chi connectivity index (χ4v) is 5.60. The van der Waals surface area contributed by atoms with Gasteiger partial charge in [-0.1, -0.05) is 46.3 Å². The Hall–Kier alpha value is -2.47. The number of anilines is 1. The van der Waals surface area contributed by atoms with Crippen molar-refractivity contribution in [1.82, 2.24) is 0 Å². The summed E-state index contributed by atoms with van der Waals surface area (Å²) in [6, 6.07) is 13.0. The molecule has 0 spiro atoms. The smallest absolute Gasteiger partial charge is 0.310 e. The van der Waals surface area contributed by atoms with E-state index in [9.17, 15) is 14.4 Å². The molecule has 162 valence electrons. The van der Waals surface area contributed by atoms with E-state index in [0.29, 0.717) is 11.3 Å². The van der Waals surface area contributed by atoms with Gasteiger partial charge in [-0.05, 0) is 68.2 Å². The molecule has 0 heterocycles. The molecule has 2 aliphatic carbocycles. The maximum absolute atomic E-state index is 13.1. The fraction of sp³-hybridized carbons (Fsp3) is 0.400. The van der Waals surface area contributed by atoms with Crippen molar-refractivity contribution in [2.24, 2.45) is 23.7 Å². The maximum atomic E-state index is 13.1. The Morgan fingerprint density at radius 1 is 1.00 bits per heavy atom. The average Bonchev–Trinajstić information content (AvgIpc) is 3.38. The number of carbonyl (C=O) groups excluding carboxylic acids is 3. The van der Waals surface area contributed by atoms with Crippen LogP contribution in [0.4, 0.5) is 5.69 Å². The maximum Gasteiger partial charge on any atom is 0.310 e. The lowest BCUT2D eigenvalue weighted by atomic mass is 9.75. The van der Waals surface area contributed by atoms with Crippen LogP contribution in [0, 0.1) is 37.5 Å². The van der Waals surface area contributed by atoms with Crippen LogP contribution in [-0.2, 0) is 14.3 Å². The Morgan fingerprint density at radius 2 is 1.68 bits per heavy atom. The number of halogens is 1. The molecule has 31 heavy (non-hydrogen) atoms. The molecule has 2 aliphatic rings. The quantitative estimate of drug-likeness (QED) is 0.458. The number of carbonyl (C=O) groups is 3. The molecule has 2 aromatic carbocycles. The molecule has 0 aliphatic heterocycles. The Labute approximate surface area is 190 Å². The minimum atomic E-state index is -0.462. The van der Waals surface area contributed by atoms with Crippen molar-refractivity contribution in [3.63, 3.8) is 0 Å². The molecule has 4 atom stereocenters. The molecular weight excluding hydrogens is 458 g/mol. The molecule has 2 saturated carbocycles. The van der Waals surface area contributed by atoms with Crippen LogP contribution in [0.5, 0.6) is 0 Å². The zero-order valence-electron chi connectivity index (χ0n) is 17.7. The number of benzene rings is 2. The molecule has 0 saturated heterocycles. The number of amides is 1. The van der Waals surface area contributed by atoms with E-state index >= 15 is 0 Å². The zero-order chi connectivity index (χ0) is 22.1. The van der Waals surface area contributed by atoms with Gasteiger partial charge in [0.05, 0.1) is 5.92 Å². The third-order valence-electron chi connectivity index (χ3n) is 6.67. The van der Waals surface area contributed by atoms with Crippen LogP contribution in [0.3, 0.4) is 0 Å². The van der Waals surface area contributed by atoms with Gasteiger partial charge in [0.2, 0.25) is 0 Å². The van der Waals surface area contributed by atoms with Gasteiger partial charge < -0.3 is 10.1 Å². The normalized spacial score (nSPS) is 24.1. The van der Waals surface area contributed by atoms with Gasteiger partial charge in [-0.25, -0.2) is 0 Å². The average molecular weight is 484 g/mol. The van der Waals surface area contributed by atoms with Gasteiger partial charge in [0.1, 0.15) is 0 Å². The van der Waals surface area contributed by atoms with Crippen LogP contribution in [-0.4, -0.2) is 24.3 Å². The second-order valence-corrected chi connectivity index (χ2v) is 9.54. The molecule has 4 rings (SSSR count). The predicted molar refractivity (Wildman–Crippen MR) is 122 cm³/mol. The van der Waals surface area contributed by atoms with E-state index in [1.165, 1.54) is 0 Å². The number of ketones is 1. The number of ether oxygens (including phenoxy) is 1. The number of esters is 1. The lowest BCUT2D eigenvalue weighted by Gasteiger charge is -2.28. The summed E-state index contributed by atoms with van der Waals surface area (Å²) in [5.41, 5.74) is 3.25. The topological polar surface area (TPSA) is 72.5 Å². The summed E-state index contributed by atoms with van der Waals surface area (Å²) in [4.78, 5) is 38.5. The molecule has 0 aromatic heterocycles. The molecule has 2 bridgehead atoms. The Bertz CT molecular complexity index is 1020. The van der Waals surface area contributed by atoms with Gasteiger partial charge in [0.25, 0.3) is 5.91 Å². The van der Waals surface area contributed by atoms with Crippen LogP contribution in [0.25, 0.3) is 0 Å². The highest BCUT2D eigenvalue weighted by Crippen LogP contribution is 2.53. The zero-order valence-corrected chi connectivity index (χ0v) is 19.3. The number of hydrogen-bond donors (Lipinski definition) is 1. The molecular formula is C25H26BrNO4. The van der Waals surface area contributed by atoms with Crippen LogP contribution < -0.4 is 5.32 Å². The van der Waals surface area contributed by atoms with Gasteiger partial charge in [-0.3, -0.25) is 14.4 Å². The van der Waals surface area contributed by atoms with Crippen molar-refractivity contribution in [2.45, 2.75) is 33.1 Å². The highest BCUT2D eigenvalue weighted by Gasteiger charge is 2.54. The first-order valence-corrected chi connectivity index (χ1v) is 11.5. The van der Waals surface area contributed by atoms with Crippen molar-refractivity contribution in [1.29, 1.82) is 0 Å². The van der Waals surface area contributed by atoms with E-state index in [1.54, 1.807) is 12.1 Å². The summed E-state index contributed by atoms with van der Waals surface area (Å²) in [6.07, 6.45) is 2.79. The van der Waals surface area contributed by atoms with Crippen LogP contribution in [0.15, 0.2) is 46.9 Å². The van der Waals surface area contributed by atoms with Crippen molar-refractivity contribution < 1.29 is 19.1 Å². The number of fused-ring (bicyclic) bond motifs is 2. The SMILES string of the molecule is Cc1cc(NC(=O)COC(=O)[C@H]2[C@H]3CC[C@@H](C3)[C@@H]2C(=O)c2ccccc2)c(C)cc1Br. The predicted octanol–water partition coefficient (Wildman–Crippen LogP) is 5.09. The summed E-state index contributed by atoms with van der Waals surface area (Å²) in [5.74, 6) is -1.23. The van der Waals surface area contributed by atoms with Gasteiger partial charge in [-0.2, -0.15) is 0 Å². The first kappa shape index (κ1) is 21.8. The first-order valence-electron chi connectivity index (χ1n) is 10.7. The third-order valence-corrected chi connectivity index (χ3v) is 7.53. The first-order chi connectivity index (χ1) is 14.8. The molecule has 6 heteroatoms. The Morgan fingerprint density at radius 3 is 2.39 bits per heavy atom. The summed E-state index contributed by atoms with van der Waals surface area (Å²) >= 11 is 3.47. The van der Waals surface area contributed by atoms with E-state index in [1.807, 2.05) is 44.2 Å². The summed E-state index contributed by atoms with van der Waals surface area (Å²) < 4.78 is 6.38.